The molecule has 0 unspecified atom stereocenters. The first kappa shape index (κ1) is 14.8. The first-order chi connectivity index (χ1) is 11.2. The van der Waals surface area contributed by atoms with Crippen LogP contribution in [0.1, 0.15) is 28.8 Å². The molecule has 1 fully saturated rings. The number of fused-ring (bicyclic) bond motifs is 1. The van der Waals surface area contributed by atoms with Crippen molar-refractivity contribution < 1.29 is 4.79 Å². The number of hydrogen-bond donors (Lipinski definition) is 1. The van der Waals surface area contributed by atoms with E-state index >= 15 is 0 Å². The second-order valence-corrected chi connectivity index (χ2v) is 7.73. The summed E-state index contributed by atoms with van der Waals surface area (Å²) < 4.78 is 0. The summed E-state index contributed by atoms with van der Waals surface area (Å²) in [5.41, 5.74) is 2.17. The monoisotopic (exact) mass is 324 g/mol. The fraction of sp³-hybridized carbons (Fsp3) is 0.316. The van der Waals surface area contributed by atoms with Crippen molar-refractivity contribution in [1.82, 2.24) is 10.2 Å². The van der Waals surface area contributed by atoms with Gasteiger partial charge < -0.3 is 5.32 Å². The molecule has 0 saturated carbocycles. The number of carbonyl (C=O) groups is 1. The molecule has 1 spiro atoms. The van der Waals surface area contributed by atoms with E-state index in [0.29, 0.717) is 0 Å². The van der Waals surface area contributed by atoms with Gasteiger partial charge in [0.05, 0.1) is 10.4 Å². The average Bonchev–Trinajstić information content (AvgIpc) is 2.58. The van der Waals surface area contributed by atoms with E-state index < -0.39 is 0 Å². The third-order valence-electron chi connectivity index (χ3n) is 4.69. The Bertz CT molecular complexity index is 708. The first-order valence-corrected chi connectivity index (χ1v) is 8.93. The molecule has 2 aliphatic heterocycles. The minimum atomic E-state index is -0.126. The first-order valence-electron chi connectivity index (χ1n) is 8.11. The second-order valence-electron chi connectivity index (χ2n) is 6.31. The van der Waals surface area contributed by atoms with E-state index in [0.717, 1.165) is 42.9 Å². The van der Waals surface area contributed by atoms with E-state index in [1.54, 1.807) is 0 Å². The Balaban J connectivity index is 1.44. The highest BCUT2D eigenvalue weighted by Gasteiger charge is 2.41. The molecule has 2 aromatic carbocycles. The summed E-state index contributed by atoms with van der Waals surface area (Å²) in [6.45, 7) is 3.03. The summed E-state index contributed by atoms with van der Waals surface area (Å²) >= 11 is 1.83. The van der Waals surface area contributed by atoms with E-state index in [1.165, 1.54) is 5.56 Å². The smallest absolute Gasteiger partial charge is 0.253 e. The van der Waals surface area contributed by atoms with Crippen molar-refractivity contribution >= 4 is 17.7 Å². The molecular weight excluding hydrogens is 304 g/mol. The molecule has 2 aromatic rings. The largest absolute Gasteiger partial charge is 0.337 e. The van der Waals surface area contributed by atoms with E-state index in [9.17, 15) is 4.79 Å². The van der Waals surface area contributed by atoms with Crippen LogP contribution in [0.3, 0.4) is 0 Å². The molecule has 0 atom stereocenters. The van der Waals surface area contributed by atoms with Gasteiger partial charge in [-0.2, -0.15) is 0 Å². The van der Waals surface area contributed by atoms with Gasteiger partial charge >= 0.3 is 0 Å². The van der Waals surface area contributed by atoms with Gasteiger partial charge in [0.25, 0.3) is 5.91 Å². The zero-order valence-electron chi connectivity index (χ0n) is 13.0. The molecule has 1 N–H and O–H groups in total. The topological polar surface area (TPSA) is 32.3 Å². The average molecular weight is 324 g/mol. The standard InChI is InChI=1S/C19H20N2OS/c22-18-16-8-4-5-9-17(16)23-19(20-18)10-12-21(13-11-19)14-15-6-2-1-3-7-15/h1-9H,10-14H2,(H,20,22). The number of benzene rings is 2. The van der Waals surface area contributed by atoms with Gasteiger partial charge in [-0.25, -0.2) is 0 Å². The van der Waals surface area contributed by atoms with Crippen molar-refractivity contribution in [1.29, 1.82) is 0 Å². The van der Waals surface area contributed by atoms with Gasteiger partial charge in [-0.15, -0.1) is 0 Å². The summed E-state index contributed by atoms with van der Waals surface area (Å²) in [5, 5.41) is 3.27. The number of likely N-dealkylation sites (tertiary alicyclic amines) is 1. The van der Waals surface area contributed by atoms with Crippen molar-refractivity contribution in [2.75, 3.05) is 13.1 Å². The molecule has 0 radical (unpaired) electrons. The predicted octanol–water partition coefficient (Wildman–Crippen LogP) is 3.51. The molecule has 4 heteroatoms. The summed E-state index contributed by atoms with van der Waals surface area (Å²) in [7, 11) is 0. The molecular formula is C19H20N2OS. The molecule has 2 heterocycles. The van der Waals surface area contributed by atoms with Crippen molar-refractivity contribution in [2.24, 2.45) is 0 Å². The van der Waals surface area contributed by atoms with Crippen molar-refractivity contribution in [3.8, 4) is 0 Å². The normalized spacial score (nSPS) is 20.1. The molecule has 4 rings (SSSR count). The maximum atomic E-state index is 12.4. The minimum Gasteiger partial charge on any atom is -0.337 e. The van der Waals surface area contributed by atoms with Gasteiger partial charge in [0.15, 0.2) is 0 Å². The summed E-state index contributed by atoms with van der Waals surface area (Å²) in [6, 6.07) is 18.5. The van der Waals surface area contributed by atoms with Crippen LogP contribution in [-0.4, -0.2) is 28.8 Å². The maximum Gasteiger partial charge on any atom is 0.253 e. The van der Waals surface area contributed by atoms with Crippen LogP contribution in [0.4, 0.5) is 0 Å². The van der Waals surface area contributed by atoms with Crippen LogP contribution in [0.5, 0.6) is 0 Å². The van der Waals surface area contributed by atoms with Crippen LogP contribution in [0.15, 0.2) is 59.5 Å². The van der Waals surface area contributed by atoms with Gasteiger partial charge in [0.1, 0.15) is 0 Å². The summed E-state index contributed by atoms with van der Waals surface area (Å²) in [6.07, 6.45) is 1.98. The second kappa shape index (κ2) is 6.02. The van der Waals surface area contributed by atoms with E-state index in [4.69, 9.17) is 0 Å². The van der Waals surface area contributed by atoms with Crippen LogP contribution in [0, 0.1) is 0 Å². The zero-order chi connectivity index (χ0) is 15.7. The van der Waals surface area contributed by atoms with Gasteiger partial charge in [0, 0.05) is 24.5 Å². The number of piperidine rings is 1. The van der Waals surface area contributed by atoms with E-state index in [2.05, 4.69) is 46.6 Å². The fourth-order valence-electron chi connectivity index (χ4n) is 3.39. The Labute approximate surface area is 141 Å². The molecule has 3 nitrogen and oxygen atoms in total. The Hall–Kier alpha value is -1.78. The zero-order valence-corrected chi connectivity index (χ0v) is 13.8. The number of hydrogen-bond acceptors (Lipinski definition) is 3. The van der Waals surface area contributed by atoms with Crippen LogP contribution in [0.2, 0.25) is 0 Å². The molecule has 0 aliphatic carbocycles. The molecule has 0 bridgehead atoms. The highest BCUT2D eigenvalue weighted by atomic mass is 32.2. The highest BCUT2D eigenvalue weighted by molar-refractivity contribution is 8.00. The van der Waals surface area contributed by atoms with E-state index in [-0.39, 0.29) is 10.8 Å². The van der Waals surface area contributed by atoms with Crippen LogP contribution < -0.4 is 5.32 Å². The molecule has 2 aliphatic rings. The molecule has 1 saturated heterocycles. The lowest BCUT2D eigenvalue weighted by Gasteiger charge is -2.44. The fourth-order valence-corrected chi connectivity index (χ4v) is 4.76. The number of rotatable bonds is 2. The Morgan fingerprint density at radius 1 is 1.00 bits per heavy atom. The van der Waals surface area contributed by atoms with Gasteiger partial charge in [-0.3, -0.25) is 9.69 Å². The molecule has 0 aromatic heterocycles. The minimum absolute atomic E-state index is 0.0795. The lowest BCUT2D eigenvalue weighted by molar-refractivity contribution is 0.0880. The van der Waals surface area contributed by atoms with Crippen molar-refractivity contribution in [3.05, 3.63) is 65.7 Å². The van der Waals surface area contributed by atoms with Gasteiger partial charge in [-0.1, -0.05) is 54.2 Å². The number of amides is 1. The van der Waals surface area contributed by atoms with E-state index in [1.807, 2.05) is 30.0 Å². The van der Waals surface area contributed by atoms with Crippen LogP contribution in [0.25, 0.3) is 0 Å². The van der Waals surface area contributed by atoms with Crippen molar-refractivity contribution in [3.63, 3.8) is 0 Å². The Morgan fingerprint density at radius 2 is 1.70 bits per heavy atom. The van der Waals surface area contributed by atoms with Crippen LogP contribution in [-0.2, 0) is 6.54 Å². The quantitative estimate of drug-likeness (QED) is 0.917. The lowest BCUT2D eigenvalue weighted by Crippen LogP contribution is -2.54. The third-order valence-corrected chi connectivity index (χ3v) is 6.17. The number of nitrogens with one attached hydrogen (secondary N) is 1. The number of carbonyl (C=O) groups excluding carboxylic acids is 1. The van der Waals surface area contributed by atoms with Gasteiger partial charge in [-0.05, 0) is 30.5 Å². The van der Waals surface area contributed by atoms with Gasteiger partial charge in [0.2, 0.25) is 0 Å². The highest BCUT2D eigenvalue weighted by Crippen LogP contribution is 2.43. The summed E-state index contributed by atoms with van der Waals surface area (Å²) in [5.74, 6) is 0.0795. The van der Waals surface area contributed by atoms with Crippen LogP contribution >= 0.6 is 11.8 Å². The third kappa shape index (κ3) is 3.01. The maximum absolute atomic E-state index is 12.4. The summed E-state index contributed by atoms with van der Waals surface area (Å²) in [4.78, 5) is 15.9. The Morgan fingerprint density at radius 3 is 2.48 bits per heavy atom. The number of thioether (sulfide) groups is 1. The molecule has 118 valence electrons. The number of nitrogens with zero attached hydrogens (tertiary/aromatic N) is 1. The molecule has 1 amide bonds. The van der Waals surface area contributed by atoms with Crippen molar-refractivity contribution in [2.45, 2.75) is 29.2 Å². The lowest BCUT2D eigenvalue weighted by atomic mass is 10.0. The predicted molar refractivity (Wildman–Crippen MR) is 93.4 cm³/mol. The SMILES string of the molecule is O=C1NC2(CCN(Cc3ccccc3)CC2)Sc2ccccc21. The Kier molecular flexibility index (Phi) is 3.87. The molecule has 23 heavy (non-hydrogen) atoms.